The molecule has 0 aliphatic carbocycles. The molecule has 0 unspecified atom stereocenters. The first-order chi connectivity index (χ1) is 37.3. The summed E-state index contributed by atoms with van der Waals surface area (Å²) in [7, 11) is 0. The first-order valence-electron chi connectivity index (χ1n) is 30.0. The summed E-state index contributed by atoms with van der Waals surface area (Å²) in [6.07, 6.45) is 0. The van der Waals surface area contributed by atoms with Crippen molar-refractivity contribution in [3.8, 4) is 44.5 Å². The van der Waals surface area contributed by atoms with Gasteiger partial charge in [0.2, 0.25) is 0 Å². The van der Waals surface area contributed by atoms with Crippen molar-refractivity contribution in [3.63, 3.8) is 0 Å². The molecule has 0 atom stereocenters. The predicted molar refractivity (Wildman–Crippen MR) is 216 cm³/mol. The minimum Gasteiger partial charge on any atom is -0.0622 e. The van der Waals surface area contributed by atoms with Gasteiger partial charge in [-0.05, 0) is 115 Å². The third-order valence-electron chi connectivity index (χ3n) is 8.62. The molecular formula is C50H30. The van der Waals surface area contributed by atoms with E-state index in [1.54, 1.807) is 0 Å². The Morgan fingerprint density at radius 2 is 0.660 bits per heavy atom. The van der Waals surface area contributed by atoms with E-state index in [1.165, 1.54) is 0 Å². The van der Waals surface area contributed by atoms with E-state index in [9.17, 15) is 17.8 Å². The van der Waals surface area contributed by atoms with Crippen LogP contribution in [0.2, 0.25) is 0 Å². The molecule has 0 nitrogen and oxygen atoms in total. The molecular weight excluding hydrogens is 601 g/mol. The van der Waals surface area contributed by atoms with E-state index in [0.717, 1.165) is 0 Å². The normalized spacial score (nSPS) is 20.4. The van der Waals surface area contributed by atoms with Crippen LogP contribution in [-0.2, 0) is 0 Å². The van der Waals surface area contributed by atoms with Crippen molar-refractivity contribution < 1.29 is 41.1 Å². The largest absolute Gasteiger partial charge is 0.0636 e. The van der Waals surface area contributed by atoms with Gasteiger partial charge in [-0.3, -0.25) is 0 Å². The molecule has 0 heterocycles. The zero-order valence-electron chi connectivity index (χ0n) is 55.0. The summed E-state index contributed by atoms with van der Waals surface area (Å²) < 4.78 is 275. The third kappa shape index (κ3) is 3.94. The molecule has 11 aromatic rings. The molecule has 11 aromatic carbocycles. The molecule has 0 amide bonds. The highest BCUT2D eigenvalue weighted by Crippen LogP contribution is 2.46. The summed E-state index contributed by atoms with van der Waals surface area (Å²) in [5.41, 5.74) is -7.39. The molecule has 0 spiro atoms. The van der Waals surface area contributed by atoms with E-state index in [0.29, 0.717) is 0 Å². The minimum absolute atomic E-state index is 0.355. The average molecular weight is 661 g/mol. The van der Waals surface area contributed by atoms with E-state index >= 15 is 0 Å². The number of rotatable bonds is 4. The highest BCUT2D eigenvalue weighted by molar-refractivity contribution is 6.27. The summed E-state index contributed by atoms with van der Waals surface area (Å²) >= 11 is 0. The number of hydrogen-bond donors (Lipinski definition) is 0. The van der Waals surface area contributed by atoms with E-state index in [1.807, 2.05) is 0 Å². The summed E-state index contributed by atoms with van der Waals surface area (Å²) in [4.78, 5) is 0. The fourth-order valence-corrected chi connectivity index (χ4v) is 6.47. The van der Waals surface area contributed by atoms with Crippen molar-refractivity contribution in [1.29, 1.82) is 0 Å². The Kier molecular flexibility index (Phi) is 2.37. The monoisotopic (exact) mass is 660 g/mol. The maximum absolute atomic E-state index is 10.3. The second-order valence-corrected chi connectivity index (χ2v) is 11.2. The molecule has 230 valence electrons. The summed E-state index contributed by atoms with van der Waals surface area (Å²) in [6, 6.07) is -28.6. The van der Waals surface area contributed by atoms with Gasteiger partial charge in [-0.2, -0.15) is 0 Å². The van der Waals surface area contributed by atoms with Gasteiger partial charge in [0, 0.05) is 0 Å². The van der Waals surface area contributed by atoms with Gasteiger partial charge in [0.1, 0.15) is 0 Å². The standard InChI is InChI=1S/C50H30/c1-2-8-31(9-3-1)40-25-24-38(30-46(40)43-27-21-37-19-17-33-11-7-13-35-23-29-45(43)50(37)48(33)35)39-14-4-5-15-41(39)42-26-20-36-18-16-32-10-6-12-34-22-28-44(42)49(36)47(32)34/h1-30H/i1D,2D,3D,4D,5D,6D,7D,8D,9D,10D,11D,12D,13D,14D,15D,16D,17D,18D,19D,20D,21D,22D,23D,24D,25D,26D,27D,28D,29D,30D. The van der Waals surface area contributed by atoms with Crippen LogP contribution in [-0.4, -0.2) is 0 Å². The highest BCUT2D eigenvalue weighted by Gasteiger charge is 2.19. The van der Waals surface area contributed by atoms with Crippen LogP contribution in [0.25, 0.3) is 109 Å². The molecule has 50 heavy (non-hydrogen) atoms. The van der Waals surface area contributed by atoms with Gasteiger partial charge in [-0.25, -0.2) is 0 Å². The highest BCUT2D eigenvalue weighted by atomic mass is 14.2. The Balaban J connectivity index is 1.44. The van der Waals surface area contributed by atoms with Gasteiger partial charge in [0.15, 0.2) is 0 Å². The van der Waals surface area contributed by atoms with Gasteiger partial charge < -0.3 is 0 Å². The fourth-order valence-electron chi connectivity index (χ4n) is 6.47. The molecule has 0 N–H and O–H groups in total. The summed E-state index contributed by atoms with van der Waals surface area (Å²) in [6.45, 7) is 0. The molecule has 0 fully saturated rings. The summed E-state index contributed by atoms with van der Waals surface area (Å²) in [5, 5.41) is -5.96. The molecule has 0 aliphatic heterocycles. The van der Waals surface area contributed by atoms with Gasteiger partial charge in [0.05, 0.1) is 41.1 Å². The van der Waals surface area contributed by atoms with Crippen LogP contribution in [0.4, 0.5) is 0 Å². The lowest BCUT2D eigenvalue weighted by molar-refractivity contribution is 1.57. The molecule has 0 saturated heterocycles. The average Bonchev–Trinajstić information content (AvgIpc) is 2.47. The second-order valence-electron chi connectivity index (χ2n) is 11.2. The molecule has 0 radical (unpaired) electrons. The lowest BCUT2D eigenvalue weighted by atomic mass is 9.84. The molecule has 0 heteroatoms. The Bertz CT molecular complexity index is 4730. The SMILES string of the molecule is [2H]c1c([2H])c([2H])c(-c2c([2H])c([2H])c(-c3c([2H])c([2H])c([2H])c([2H])c3-c3c([2H])c([2H])c4c([2H])c([2H])c5c([2H])c([2H])c([2H])c6c([2H])c([2H])c3c4c56)c([2H])c2-c2c([2H])c([2H])c3c([2H])c([2H])c4c([2H])c([2H])c([2H])c5c([2H])c([2H])c2c3c45)c([2H])c1[2H]. The van der Waals surface area contributed by atoms with Crippen LogP contribution >= 0.6 is 0 Å². The topological polar surface area (TPSA) is 0 Å². The molecule has 0 aromatic heterocycles. The first-order valence-corrected chi connectivity index (χ1v) is 15.0. The smallest absolute Gasteiger partial charge is 0.0622 e. The van der Waals surface area contributed by atoms with Crippen molar-refractivity contribution in [1.82, 2.24) is 0 Å². The van der Waals surface area contributed by atoms with Crippen molar-refractivity contribution in [2.45, 2.75) is 0 Å². The fraction of sp³-hybridized carbons (Fsp3) is 0. The van der Waals surface area contributed by atoms with Crippen LogP contribution in [0, 0.1) is 0 Å². The Morgan fingerprint density at radius 3 is 1.24 bits per heavy atom. The van der Waals surface area contributed by atoms with Crippen molar-refractivity contribution >= 4 is 64.6 Å². The van der Waals surface area contributed by atoms with Gasteiger partial charge in [-0.1, -0.05) is 175 Å². The zero-order chi connectivity index (χ0) is 58.9. The lowest BCUT2D eigenvalue weighted by Gasteiger charge is -2.19. The summed E-state index contributed by atoms with van der Waals surface area (Å²) in [5.74, 6) is 0. The van der Waals surface area contributed by atoms with Crippen LogP contribution in [0.1, 0.15) is 41.1 Å². The van der Waals surface area contributed by atoms with E-state index in [-0.39, 0.29) is 10.8 Å². The zero-order valence-corrected chi connectivity index (χ0v) is 25.0. The molecule has 0 bridgehead atoms. The van der Waals surface area contributed by atoms with E-state index in [2.05, 4.69) is 0 Å². The van der Waals surface area contributed by atoms with E-state index in [4.69, 9.17) is 23.3 Å². The van der Waals surface area contributed by atoms with Crippen LogP contribution in [0.15, 0.2) is 181 Å². The molecule has 0 saturated carbocycles. The Labute approximate surface area is 332 Å². The lowest BCUT2D eigenvalue weighted by Crippen LogP contribution is -1.92. The van der Waals surface area contributed by atoms with Crippen LogP contribution < -0.4 is 0 Å². The number of benzene rings is 11. The minimum atomic E-state index is -1.22. The number of hydrogen-bond acceptors (Lipinski definition) is 0. The van der Waals surface area contributed by atoms with Crippen molar-refractivity contribution in [2.75, 3.05) is 0 Å². The van der Waals surface area contributed by atoms with Crippen molar-refractivity contribution in [3.05, 3.63) is 181 Å². The maximum atomic E-state index is 10.3. The van der Waals surface area contributed by atoms with E-state index < -0.39 is 280 Å². The van der Waals surface area contributed by atoms with Gasteiger partial charge in [-0.15, -0.1) is 0 Å². The molecule has 11 rings (SSSR count). The quantitative estimate of drug-likeness (QED) is 0.165. The van der Waals surface area contributed by atoms with Crippen LogP contribution in [0.3, 0.4) is 0 Å². The van der Waals surface area contributed by atoms with Crippen LogP contribution in [0.5, 0.6) is 0 Å². The first kappa shape index (κ1) is 11.3. The van der Waals surface area contributed by atoms with Gasteiger partial charge >= 0.3 is 0 Å². The van der Waals surface area contributed by atoms with Crippen molar-refractivity contribution in [2.24, 2.45) is 0 Å². The predicted octanol–water partition coefficient (Wildman–Crippen LogP) is 14.1. The third-order valence-corrected chi connectivity index (χ3v) is 8.62. The second kappa shape index (κ2) is 10.5. The Morgan fingerprint density at radius 1 is 0.240 bits per heavy atom. The van der Waals surface area contributed by atoms with Gasteiger partial charge in [0.25, 0.3) is 0 Å². The Hall–Kier alpha value is -6.50. The maximum Gasteiger partial charge on any atom is 0.0636 e. The molecule has 0 aliphatic rings.